The number of thiophene rings is 1. The Morgan fingerprint density at radius 1 is 1.23 bits per heavy atom. The molecule has 2 amide bonds. The van der Waals surface area contributed by atoms with Crippen molar-refractivity contribution < 1.29 is 19.1 Å². The molecule has 0 saturated carbocycles. The smallest absolute Gasteiger partial charge is 0.265 e. The van der Waals surface area contributed by atoms with E-state index in [2.05, 4.69) is 5.32 Å². The third kappa shape index (κ3) is 4.42. The summed E-state index contributed by atoms with van der Waals surface area (Å²) < 4.78 is 11.0. The summed E-state index contributed by atoms with van der Waals surface area (Å²) >= 11 is 1.40. The van der Waals surface area contributed by atoms with Crippen molar-refractivity contribution >= 4 is 28.8 Å². The van der Waals surface area contributed by atoms with Crippen LogP contribution in [-0.4, -0.2) is 49.6 Å². The number of carbonyl (C=O) groups is 2. The van der Waals surface area contributed by atoms with E-state index in [1.54, 1.807) is 11.0 Å². The molecule has 1 aromatic carbocycles. The minimum atomic E-state index is -0.130. The van der Waals surface area contributed by atoms with E-state index in [4.69, 9.17) is 9.47 Å². The van der Waals surface area contributed by atoms with E-state index in [9.17, 15) is 9.59 Å². The molecular weight excluding hydrogens is 352 g/mol. The second-order valence-corrected chi connectivity index (χ2v) is 7.10. The molecule has 1 aromatic heterocycles. The van der Waals surface area contributed by atoms with Crippen LogP contribution in [0, 0.1) is 13.8 Å². The summed E-state index contributed by atoms with van der Waals surface area (Å²) in [4.78, 5) is 26.8. The quantitative estimate of drug-likeness (QED) is 0.874. The maximum absolute atomic E-state index is 12.2. The van der Waals surface area contributed by atoms with Crippen LogP contribution in [0.5, 0.6) is 5.75 Å². The first-order valence-electron chi connectivity index (χ1n) is 8.49. The van der Waals surface area contributed by atoms with Gasteiger partial charge in [0.25, 0.3) is 11.8 Å². The molecule has 7 heteroatoms. The second kappa shape index (κ2) is 8.33. The van der Waals surface area contributed by atoms with Crippen molar-refractivity contribution in [1.29, 1.82) is 0 Å². The summed E-state index contributed by atoms with van der Waals surface area (Å²) in [5, 5.41) is 4.77. The van der Waals surface area contributed by atoms with Crippen LogP contribution in [0.15, 0.2) is 29.6 Å². The molecule has 1 fully saturated rings. The standard InChI is InChI=1S/C19H22N2O4S/c1-13-10-15(20-19(23)16-4-3-9-26-16)11-14(2)18(13)25-12-17(22)21-5-7-24-8-6-21/h3-4,9-11H,5-8,12H2,1-2H3,(H,20,23). The number of hydrogen-bond donors (Lipinski definition) is 1. The third-order valence-corrected chi connectivity index (χ3v) is 5.04. The number of nitrogens with zero attached hydrogens (tertiary/aromatic N) is 1. The summed E-state index contributed by atoms with van der Waals surface area (Å²) in [5.41, 5.74) is 2.47. The highest BCUT2D eigenvalue weighted by Crippen LogP contribution is 2.28. The van der Waals surface area contributed by atoms with E-state index in [0.717, 1.165) is 11.1 Å². The minimum Gasteiger partial charge on any atom is -0.483 e. The first-order valence-corrected chi connectivity index (χ1v) is 9.37. The lowest BCUT2D eigenvalue weighted by Crippen LogP contribution is -2.43. The Labute approximate surface area is 156 Å². The summed E-state index contributed by atoms with van der Waals surface area (Å²) in [6.07, 6.45) is 0. The zero-order valence-corrected chi connectivity index (χ0v) is 15.7. The van der Waals surface area contributed by atoms with Crippen molar-refractivity contribution in [2.75, 3.05) is 38.2 Å². The number of carbonyl (C=O) groups excluding carboxylic acids is 2. The molecule has 0 atom stereocenters. The van der Waals surface area contributed by atoms with Crippen LogP contribution in [-0.2, 0) is 9.53 Å². The minimum absolute atomic E-state index is 0.00256. The van der Waals surface area contributed by atoms with Crippen LogP contribution in [0.2, 0.25) is 0 Å². The van der Waals surface area contributed by atoms with Gasteiger partial charge in [-0.3, -0.25) is 9.59 Å². The zero-order valence-electron chi connectivity index (χ0n) is 14.9. The monoisotopic (exact) mass is 374 g/mol. The first-order chi connectivity index (χ1) is 12.5. The third-order valence-electron chi connectivity index (χ3n) is 4.17. The lowest BCUT2D eigenvalue weighted by molar-refractivity contribution is -0.137. The Balaban J connectivity index is 1.63. The predicted molar refractivity (Wildman–Crippen MR) is 101 cm³/mol. The maximum Gasteiger partial charge on any atom is 0.265 e. The van der Waals surface area contributed by atoms with Crippen LogP contribution in [0.25, 0.3) is 0 Å². The van der Waals surface area contributed by atoms with Crippen LogP contribution in [0.3, 0.4) is 0 Å². The number of ether oxygens (including phenoxy) is 2. The number of nitrogens with one attached hydrogen (secondary N) is 1. The Kier molecular flexibility index (Phi) is 5.90. The number of morpholine rings is 1. The zero-order chi connectivity index (χ0) is 18.5. The van der Waals surface area contributed by atoms with E-state index in [1.165, 1.54) is 11.3 Å². The highest BCUT2D eigenvalue weighted by atomic mass is 32.1. The van der Waals surface area contributed by atoms with Crippen molar-refractivity contribution in [2.24, 2.45) is 0 Å². The van der Waals surface area contributed by atoms with Crippen molar-refractivity contribution in [3.63, 3.8) is 0 Å². The second-order valence-electron chi connectivity index (χ2n) is 6.15. The summed E-state index contributed by atoms with van der Waals surface area (Å²) in [7, 11) is 0. The molecule has 0 radical (unpaired) electrons. The van der Waals surface area contributed by atoms with Gasteiger partial charge in [-0.15, -0.1) is 11.3 Å². The summed E-state index contributed by atoms with van der Waals surface area (Å²) in [5.74, 6) is 0.512. The molecule has 0 bridgehead atoms. The van der Waals surface area contributed by atoms with Gasteiger partial charge in [0, 0.05) is 18.8 Å². The molecule has 1 saturated heterocycles. The highest BCUT2D eigenvalue weighted by Gasteiger charge is 2.18. The Bertz CT molecular complexity index is 760. The van der Waals surface area contributed by atoms with Gasteiger partial charge in [0.1, 0.15) is 5.75 Å². The Hall–Kier alpha value is -2.38. The number of aryl methyl sites for hydroxylation is 2. The van der Waals surface area contributed by atoms with Crippen molar-refractivity contribution in [3.05, 3.63) is 45.6 Å². The maximum atomic E-state index is 12.2. The number of rotatable bonds is 5. The van der Waals surface area contributed by atoms with Gasteiger partial charge in [0.05, 0.1) is 18.1 Å². The molecule has 0 aliphatic carbocycles. The number of benzene rings is 1. The molecular formula is C19H22N2O4S. The summed E-state index contributed by atoms with van der Waals surface area (Å²) in [6.45, 7) is 6.17. The van der Waals surface area contributed by atoms with Gasteiger partial charge in [0.2, 0.25) is 0 Å². The normalized spacial score (nSPS) is 14.2. The van der Waals surface area contributed by atoms with Crippen LogP contribution >= 0.6 is 11.3 Å². The van der Waals surface area contributed by atoms with Crippen molar-refractivity contribution in [1.82, 2.24) is 4.90 Å². The molecule has 1 N–H and O–H groups in total. The molecule has 138 valence electrons. The Morgan fingerprint density at radius 3 is 2.54 bits per heavy atom. The van der Waals surface area contributed by atoms with Crippen molar-refractivity contribution in [2.45, 2.75) is 13.8 Å². The van der Waals surface area contributed by atoms with E-state index < -0.39 is 0 Å². The van der Waals surface area contributed by atoms with Gasteiger partial charge in [-0.25, -0.2) is 0 Å². The van der Waals surface area contributed by atoms with Gasteiger partial charge < -0.3 is 19.7 Å². The molecule has 0 spiro atoms. The fourth-order valence-corrected chi connectivity index (χ4v) is 3.51. The van der Waals surface area contributed by atoms with Crippen LogP contribution in [0.4, 0.5) is 5.69 Å². The topological polar surface area (TPSA) is 67.9 Å². The van der Waals surface area contributed by atoms with Crippen molar-refractivity contribution in [3.8, 4) is 5.75 Å². The Morgan fingerprint density at radius 2 is 1.92 bits per heavy atom. The van der Waals surface area contributed by atoms with Gasteiger partial charge in [0.15, 0.2) is 6.61 Å². The van der Waals surface area contributed by atoms with Crippen LogP contribution < -0.4 is 10.1 Å². The largest absolute Gasteiger partial charge is 0.483 e. The van der Waals surface area contributed by atoms with Gasteiger partial charge in [-0.05, 0) is 48.6 Å². The molecule has 2 aromatic rings. The molecule has 26 heavy (non-hydrogen) atoms. The number of anilines is 1. The van der Waals surface area contributed by atoms with E-state index in [1.807, 2.05) is 37.4 Å². The van der Waals surface area contributed by atoms with Gasteiger partial charge >= 0.3 is 0 Å². The lowest BCUT2D eigenvalue weighted by atomic mass is 10.1. The molecule has 1 aliphatic heterocycles. The molecule has 1 aliphatic rings. The van der Waals surface area contributed by atoms with E-state index >= 15 is 0 Å². The van der Waals surface area contributed by atoms with Crippen LogP contribution in [0.1, 0.15) is 20.8 Å². The number of hydrogen-bond acceptors (Lipinski definition) is 5. The average molecular weight is 374 g/mol. The van der Waals surface area contributed by atoms with E-state index in [0.29, 0.717) is 42.6 Å². The highest BCUT2D eigenvalue weighted by molar-refractivity contribution is 7.12. The molecule has 0 unspecified atom stereocenters. The SMILES string of the molecule is Cc1cc(NC(=O)c2cccs2)cc(C)c1OCC(=O)N1CCOCC1. The van der Waals surface area contributed by atoms with Gasteiger partial charge in [-0.1, -0.05) is 6.07 Å². The fourth-order valence-electron chi connectivity index (χ4n) is 2.89. The molecule has 6 nitrogen and oxygen atoms in total. The average Bonchev–Trinajstić information content (AvgIpc) is 3.16. The lowest BCUT2D eigenvalue weighted by Gasteiger charge is -2.27. The molecule has 2 heterocycles. The molecule has 3 rings (SSSR count). The fraction of sp³-hybridized carbons (Fsp3) is 0.368. The number of amides is 2. The summed E-state index contributed by atoms with van der Waals surface area (Å²) in [6, 6.07) is 7.34. The predicted octanol–water partition coefficient (Wildman–Crippen LogP) is 2.85. The van der Waals surface area contributed by atoms with E-state index in [-0.39, 0.29) is 18.4 Å². The van der Waals surface area contributed by atoms with Gasteiger partial charge in [-0.2, -0.15) is 0 Å². The first kappa shape index (κ1) is 18.4.